The van der Waals surface area contributed by atoms with E-state index in [0.29, 0.717) is 10.3 Å². The summed E-state index contributed by atoms with van der Waals surface area (Å²) in [6.07, 6.45) is 0. The Morgan fingerprint density at radius 3 is 1.08 bits per heavy atom. The summed E-state index contributed by atoms with van der Waals surface area (Å²) in [7, 11) is 3.77. The van der Waals surface area contributed by atoms with Crippen molar-refractivity contribution in [3.8, 4) is 0 Å². The summed E-state index contributed by atoms with van der Waals surface area (Å²) in [5, 5.41) is 2.29. The molecule has 156 valence electrons. The number of rotatable bonds is 1. The third kappa shape index (κ3) is 8.31. The second-order valence-corrected chi connectivity index (χ2v) is 15.5. The molecule has 0 fully saturated rings. The Balaban J connectivity index is 0. The van der Waals surface area contributed by atoms with E-state index in [2.05, 4.69) is 129 Å². The Morgan fingerprint density at radius 2 is 0.885 bits per heavy atom. The molecule has 0 amide bonds. The second kappa shape index (κ2) is 9.88. The molecule has 0 aromatic heterocycles. The van der Waals surface area contributed by atoms with Gasteiger partial charge in [-0.2, -0.15) is 0 Å². The summed E-state index contributed by atoms with van der Waals surface area (Å²) in [4.78, 5) is 0. The summed E-state index contributed by atoms with van der Waals surface area (Å²) in [5.74, 6) is 0. The molecule has 0 bridgehead atoms. The molecule has 0 unspecified atom stereocenters. The van der Waals surface area contributed by atoms with Gasteiger partial charge in [0.05, 0.1) is 15.6 Å². The van der Waals surface area contributed by atoms with Gasteiger partial charge in [-0.05, 0) is 75.6 Å². The van der Waals surface area contributed by atoms with Crippen molar-refractivity contribution in [2.75, 3.05) is 0 Å². The van der Waals surface area contributed by atoms with E-state index in [0.717, 1.165) is 0 Å². The van der Waals surface area contributed by atoms with Crippen molar-refractivity contribution >= 4 is 22.8 Å². The van der Waals surface area contributed by atoms with Crippen LogP contribution in [0.1, 0.15) is 94.2 Å². The fraction of sp³-hybridized carbons (Fsp3) is 0.696. The molecule has 0 heterocycles. The summed E-state index contributed by atoms with van der Waals surface area (Å²) in [5.41, 5.74) is 3.35. The third-order valence-corrected chi connectivity index (χ3v) is 8.32. The van der Waals surface area contributed by atoms with Gasteiger partial charge in [0.2, 0.25) is 0 Å². The van der Waals surface area contributed by atoms with E-state index in [1.165, 1.54) is 11.1 Å². The minimum absolute atomic E-state index is 0. The first-order valence-corrected chi connectivity index (χ1v) is 12.6. The molecule has 0 N–H and O–H groups in total. The molecule has 0 radical (unpaired) electrons. The van der Waals surface area contributed by atoms with Crippen LogP contribution in [-0.2, 0) is 29.0 Å². The Hall–Kier alpha value is 0.602. The summed E-state index contributed by atoms with van der Waals surface area (Å²) < 4.78 is 0. The molecule has 3 heteroatoms. The first kappa shape index (κ1) is 28.8. The average molecular weight is 492 g/mol. The van der Waals surface area contributed by atoms with Gasteiger partial charge in [-0.3, -0.25) is 0 Å². The molecular formula is C23H43ClPPd+. The topological polar surface area (TPSA) is 0 Å². The van der Waals surface area contributed by atoms with Crippen molar-refractivity contribution in [2.24, 2.45) is 0 Å². The zero-order valence-electron chi connectivity index (χ0n) is 19.4. The van der Waals surface area contributed by atoms with Gasteiger partial charge < -0.3 is 7.43 Å². The van der Waals surface area contributed by atoms with Crippen LogP contribution in [-0.4, -0.2) is 10.3 Å². The minimum atomic E-state index is -0.717. The quantitative estimate of drug-likeness (QED) is 0.213. The summed E-state index contributed by atoms with van der Waals surface area (Å²) >= 11 is 2.22. The van der Waals surface area contributed by atoms with Gasteiger partial charge >= 0.3 is 27.7 Å². The van der Waals surface area contributed by atoms with Gasteiger partial charge in [0, 0.05) is 7.92 Å². The molecular weight excluding hydrogens is 449 g/mol. The van der Waals surface area contributed by atoms with E-state index in [-0.39, 0.29) is 18.3 Å². The van der Waals surface area contributed by atoms with Gasteiger partial charge in [-0.1, -0.05) is 47.6 Å². The summed E-state index contributed by atoms with van der Waals surface area (Å²) in [6, 6.07) is 7.47. The van der Waals surface area contributed by atoms with Crippen LogP contribution in [0.5, 0.6) is 0 Å². The number of benzene rings is 1. The monoisotopic (exact) mass is 491 g/mol. The molecule has 0 aliphatic heterocycles. The fourth-order valence-electron chi connectivity index (χ4n) is 3.63. The van der Waals surface area contributed by atoms with Crippen LogP contribution in [0, 0.1) is 7.43 Å². The van der Waals surface area contributed by atoms with E-state index in [4.69, 9.17) is 0 Å². The predicted octanol–water partition coefficient (Wildman–Crippen LogP) is 7.86. The van der Waals surface area contributed by atoms with Crippen molar-refractivity contribution in [1.82, 2.24) is 0 Å². The maximum absolute atomic E-state index is 4.49. The first-order chi connectivity index (χ1) is 10.9. The SMILES string of the molecule is CC(C)(C)c1cc([PH+](C(C)(C)C)C(C)(C)C)cc(C(C)(C)C)c1.[CH3-].[Cl][Pd+]. The first-order valence-electron chi connectivity index (χ1n) is 9.10. The van der Waals surface area contributed by atoms with Crippen LogP contribution in [0.25, 0.3) is 0 Å². The Morgan fingerprint density at radius 1 is 0.615 bits per heavy atom. The van der Waals surface area contributed by atoms with Crippen molar-refractivity contribution < 1.29 is 18.2 Å². The molecule has 1 aromatic carbocycles. The van der Waals surface area contributed by atoms with Crippen LogP contribution in [0.3, 0.4) is 0 Å². The van der Waals surface area contributed by atoms with Crippen molar-refractivity contribution in [1.29, 1.82) is 0 Å². The Labute approximate surface area is 181 Å². The molecule has 0 spiro atoms. The Bertz CT molecular complexity index is 505. The van der Waals surface area contributed by atoms with Crippen molar-refractivity contribution in [3.63, 3.8) is 0 Å². The molecule has 0 atom stereocenters. The van der Waals surface area contributed by atoms with E-state index in [9.17, 15) is 0 Å². The zero-order chi connectivity index (χ0) is 20.4. The molecule has 1 rings (SSSR count). The van der Waals surface area contributed by atoms with E-state index >= 15 is 0 Å². The van der Waals surface area contributed by atoms with Crippen molar-refractivity contribution in [3.05, 3.63) is 36.8 Å². The van der Waals surface area contributed by atoms with Crippen LogP contribution in [0.15, 0.2) is 18.2 Å². The zero-order valence-corrected chi connectivity index (χ0v) is 22.7. The number of hydrogen-bond acceptors (Lipinski definition) is 0. The molecule has 1 aromatic rings. The van der Waals surface area contributed by atoms with E-state index in [1.807, 2.05) is 0 Å². The van der Waals surface area contributed by atoms with Crippen LogP contribution in [0.2, 0.25) is 0 Å². The van der Waals surface area contributed by atoms with Gasteiger partial charge in [0.1, 0.15) is 0 Å². The third-order valence-electron chi connectivity index (χ3n) is 4.45. The second-order valence-electron chi connectivity index (χ2n) is 11.2. The predicted molar refractivity (Wildman–Crippen MR) is 124 cm³/mol. The standard InChI is InChI=1S/C22H39P.CH3.ClH.Pd/c1-19(2,3)16-13-17(20(4,5)6)15-18(14-16)23(21(7,8)9)22(10,11)12;;;/h13-15H,1-12H3;1H3;1H;/q;-1;;+2. The van der Waals surface area contributed by atoms with Gasteiger partial charge in [0.25, 0.3) is 0 Å². The summed E-state index contributed by atoms with van der Waals surface area (Å²) in [6.45, 7) is 28.5. The maximum atomic E-state index is 4.49. The average Bonchev–Trinajstić information content (AvgIpc) is 2.35. The molecule has 26 heavy (non-hydrogen) atoms. The molecule has 0 saturated heterocycles. The van der Waals surface area contributed by atoms with Gasteiger partial charge in [-0.25, -0.2) is 0 Å². The molecule has 0 nitrogen and oxygen atoms in total. The van der Waals surface area contributed by atoms with Crippen LogP contribution < -0.4 is 5.30 Å². The number of halogens is 1. The fourth-order valence-corrected chi connectivity index (χ4v) is 8.21. The van der Waals surface area contributed by atoms with E-state index in [1.54, 1.807) is 5.30 Å². The number of hydrogen-bond donors (Lipinski definition) is 0. The van der Waals surface area contributed by atoms with E-state index < -0.39 is 7.92 Å². The van der Waals surface area contributed by atoms with Gasteiger partial charge in [0.15, 0.2) is 0 Å². The van der Waals surface area contributed by atoms with Crippen LogP contribution >= 0.6 is 17.5 Å². The van der Waals surface area contributed by atoms with Crippen molar-refractivity contribution in [2.45, 2.75) is 104 Å². The molecule has 0 saturated carbocycles. The molecule has 0 aliphatic carbocycles. The van der Waals surface area contributed by atoms with Crippen LogP contribution in [0.4, 0.5) is 0 Å². The Kier molecular flexibility index (Phi) is 10.9. The molecule has 0 aliphatic rings. The van der Waals surface area contributed by atoms with Gasteiger partial charge in [-0.15, -0.1) is 0 Å². The normalized spacial score (nSPS) is 13.1.